The van der Waals surface area contributed by atoms with Crippen molar-refractivity contribution in [3.63, 3.8) is 0 Å². The lowest BCUT2D eigenvalue weighted by Gasteiger charge is -2.07. The smallest absolute Gasteiger partial charge is 0.226 e. The lowest BCUT2D eigenvalue weighted by molar-refractivity contribution is -0.116. The van der Waals surface area contributed by atoms with E-state index in [1.807, 2.05) is 13.8 Å². The number of nitrogens with one attached hydrogen (secondary N) is 1. The first-order valence-corrected chi connectivity index (χ1v) is 7.36. The summed E-state index contributed by atoms with van der Waals surface area (Å²) in [7, 11) is 0. The normalized spacial score (nSPS) is 10.5. The van der Waals surface area contributed by atoms with Gasteiger partial charge in [-0.05, 0) is 45.0 Å². The number of Topliss-reactive ketones (excluding diaryl/α,β-unsaturated/α-hetero) is 1. The maximum absolute atomic E-state index is 12.0. The number of rotatable bonds is 5. The van der Waals surface area contributed by atoms with Crippen LogP contribution in [0.4, 0.5) is 5.69 Å². The largest absolute Gasteiger partial charge is 0.326 e. The van der Waals surface area contributed by atoms with E-state index in [1.54, 1.807) is 28.9 Å². The lowest BCUT2D eigenvalue weighted by atomic mass is 10.1. The van der Waals surface area contributed by atoms with Crippen molar-refractivity contribution in [2.45, 2.75) is 33.7 Å². The number of amides is 1. The Hall–Kier alpha value is -2.14. The Morgan fingerprint density at radius 2 is 1.86 bits per heavy atom. The third kappa shape index (κ3) is 3.74. The van der Waals surface area contributed by atoms with Crippen molar-refractivity contribution in [2.75, 3.05) is 5.32 Å². The van der Waals surface area contributed by atoms with Crippen LogP contribution in [0.3, 0.4) is 0 Å². The summed E-state index contributed by atoms with van der Waals surface area (Å²) in [5.41, 5.74) is 2.91. The molecular formula is C16H18ClN3O2. The Balaban J connectivity index is 1.92. The number of ketones is 1. The number of nitrogens with zero attached hydrogens (tertiary/aromatic N) is 2. The third-order valence-electron chi connectivity index (χ3n) is 3.42. The predicted octanol–water partition coefficient (Wildman–Crippen LogP) is 3.38. The van der Waals surface area contributed by atoms with Gasteiger partial charge < -0.3 is 5.32 Å². The van der Waals surface area contributed by atoms with Crippen molar-refractivity contribution in [3.8, 4) is 0 Å². The summed E-state index contributed by atoms with van der Waals surface area (Å²) < 4.78 is 1.73. The number of aryl methyl sites for hydroxylation is 2. The molecule has 0 saturated heterocycles. The fourth-order valence-corrected chi connectivity index (χ4v) is 2.25. The predicted molar refractivity (Wildman–Crippen MR) is 86.4 cm³/mol. The van der Waals surface area contributed by atoms with E-state index >= 15 is 0 Å². The quantitative estimate of drug-likeness (QED) is 0.859. The first-order valence-electron chi connectivity index (χ1n) is 6.99. The Morgan fingerprint density at radius 1 is 1.23 bits per heavy atom. The number of carbonyl (C=O) groups excluding carboxylic acids is 2. The molecule has 0 spiro atoms. The zero-order valence-electron chi connectivity index (χ0n) is 12.8. The number of hydrogen-bond acceptors (Lipinski definition) is 3. The van der Waals surface area contributed by atoms with Crippen LogP contribution in [0, 0.1) is 13.8 Å². The Kier molecular flexibility index (Phi) is 4.98. The molecule has 0 radical (unpaired) electrons. The second-order valence-corrected chi connectivity index (χ2v) is 5.52. The standard InChI is InChI=1S/C16H18ClN3O2/c1-10-16(17)11(2)20(19-10)9-8-15(22)18-14-6-4-13(5-7-14)12(3)21/h4-7H,8-9H2,1-3H3,(H,18,22). The van der Waals surface area contributed by atoms with Crippen LogP contribution < -0.4 is 5.32 Å². The van der Waals surface area contributed by atoms with Crippen molar-refractivity contribution in [2.24, 2.45) is 0 Å². The van der Waals surface area contributed by atoms with Gasteiger partial charge in [0.25, 0.3) is 0 Å². The van der Waals surface area contributed by atoms with Gasteiger partial charge in [-0.15, -0.1) is 0 Å². The highest BCUT2D eigenvalue weighted by Crippen LogP contribution is 2.19. The van der Waals surface area contributed by atoms with Crippen LogP contribution in [-0.2, 0) is 11.3 Å². The number of benzene rings is 1. The van der Waals surface area contributed by atoms with Gasteiger partial charge in [0.2, 0.25) is 5.91 Å². The number of carbonyl (C=O) groups is 2. The Labute approximate surface area is 134 Å². The molecule has 1 heterocycles. The van der Waals surface area contributed by atoms with E-state index in [0.717, 1.165) is 11.4 Å². The van der Waals surface area contributed by atoms with Crippen molar-refractivity contribution >= 4 is 29.0 Å². The van der Waals surface area contributed by atoms with E-state index in [-0.39, 0.29) is 11.7 Å². The minimum Gasteiger partial charge on any atom is -0.326 e. The number of anilines is 1. The molecule has 0 unspecified atom stereocenters. The van der Waals surface area contributed by atoms with Gasteiger partial charge in [0.05, 0.1) is 23.0 Å². The SMILES string of the molecule is CC(=O)c1ccc(NC(=O)CCn2nc(C)c(Cl)c2C)cc1. The van der Waals surface area contributed by atoms with Crippen LogP contribution in [0.2, 0.25) is 5.02 Å². The molecule has 2 rings (SSSR count). The van der Waals surface area contributed by atoms with Crippen LogP contribution >= 0.6 is 11.6 Å². The third-order valence-corrected chi connectivity index (χ3v) is 3.97. The number of halogens is 1. The molecule has 22 heavy (non-hydrogen) atoms. The van der Waals surface area contributed by atoms with Crippen molar-refractivity contribution in [3.05, 3.63) is 46.2 Å². The van der Waals surface area contributed by atoms with Crippen LogP contribution in [-0.4, -0.2) is 21.5 Å². The highest BCUT2D eigenvalue weighted by Gasteiger charge is 2.10. The van der Waals surface area contributed by atoms with Gasteiger partial charge >= 0.3 is 0 Å². The average molecular weight is 320 g/mol. The molecule has 0 aliphatic carbocycles. The first-order chi connectivity index (χ1) is 10.4. The molecule has 2 aromatic rings. The molecule has 1 amide bonds. The molecule has 0 fully saturated rings. The van der Waals surface area contributed by atoms with Crippen molar-refractivity contribution in [1.82, 2.24) is 9.78 Å². The zero-order chi connectivity index (χ0) is 16.3. The van der Waals surface area contributed by atoms with E-state index in [4.69, 9.17) is 11.6 Å². The number of aromatic nitrogens is 2. The summed E-state index contributed by atoms with van der Waals surface area (Å²) in [4.78, 5) is 23.1. The Morgan fingerprint density at radius 3 is 2.36 bits per heavy atom. The molecule has 1 N–H and O–H groups in total. The molecule has 0 saturated carbocycles. The van der Waals surface area contributed by atoms with Gasteiger partial charge in [-0.3, -0.25) is 14.3 Å². The molecule has 1 aromatic carbocycles. The topological polar surface area (TPSA) is 64.0 Å². The summed E-state index contributed by atoms with van der Waals surface area (Å²) in [6, 6.07) is 6.82. The van der Waals surface area contributed by atoms with E-state index in [1.165, 1.54) is 6.92 Å². The van der Waals surface area contributed by atoms with Gasteiger partial charge in [0.1, 0.15) is 0 Å². The van der Waals surface area contributed by atoms with Crippen LogP contribution in [0.15, 0.2) is 24.3 Å². The molecular weight excluding hydrogens is 302 g/mol. The van der Waals surface area contributed by atoms with E-state index in [0.29, 0.717) is 29.2 Å². The Bertz CT molecular complexity index is 705. The molecule has 6 heteroatoms. The molecule has 0 atom stereocenters. The molecule has 116 valence electrons. The summed E-state index contributed by atoms with van der Waals surface area (Å²) in [5, 5.41) is 7.72. The first kappa shape index (κ1) is 16.2. The van der Waals surface area contributed by atoms with E-state index in [2.05, 4.69) is 10.4 Å². The fraction of sp³-hybridized carbons (Fsp3) is 0.312. The monoisotopic (exact) mass is 319 g/mol. The molecule has 0 bridgehead atoms. The highest BCUT2D eigenvalue weighted by atomic mass is 35.5. The van der Waals surface area contributed by atoms with Gasteiger partial charge in [0.15, 0.2) is 5.78 Å². The highest BCUT2D eigenvalue weighted by molar-refractivity contribution is 6.31. The second-order valence-electron chi connectivity index (χ2n) is 5.14. The molecule has 1 aromatic heterocycles. The van der Waals surface area contributed by atoms with Crippen LogP contribution in [0.5, 0.6) is 0 Å². The summed E-state index contributed by atoms with van der Waals surface area (Å²) in [6.45, 7) is 5.69. The molecule has 0 aliphatic heterocycles. The van der Waals surface area contributed by atoms with E-state index in [9.17, 15) is 9.59 Å². The minimum atomic E-state index is -0.112. The minimum absolute atomic E-state index is 0.000664. The van der Waals surface area contributed by atoms with Crippen molar-refractivity contribution in [1.29, 1.82) is 0 Å². The van der Waals surface area contributed by atoms with E-state index < -0.39 is 0 Å². The molecule has 5 nitrogen and oxygen atoms in total. The van der Waals surface area contributed by atoms with Gasteiger partial charge in [0, 0.05) is 17.7 Å². The lowest BCUT2D eigenvalue weighted by Crippen LogP contribution is -2.15. The fourth-order valence-electron chi connectivity index (χ4n) is 2.11. The average Bonchev–Trinajstić information content (AvgIpc) is 2.73. The second kappa shape index (κ2) is 6.75. The van der Waals surface area contributed by atoms with Gasteiger partial charge in [-0.2, -0.15) is 5.10 Å². The van der Waals surface area contributed by atoms with Crippen LogP contribution in [0.1, 0.15) is 35.1 Å². The van der Waals surface area contributed by atoms with Gasteiger partial charge in [-0.25, -0.2) is 0 Å². The summed E-state index contributed by atoms with van der Waals surface area (Å²) >= 11 is 6.07. The van der Waals surface area contributed by atoms with Crippen molar-refractivity contribution < 1.29 is 9.59 Å². The molecule has 0 aliphatic rings. The zero-order valence-corrected chi connectivity index (χ0v) is 13.6. The maximum Gasteiger partial charge on any atom is 0.226 e. The van der Waals surface area contributed by atoms with Crippen LogP contribution in [0.25, 0.3) is 0 Å². The summed E-state index contributed by atoms with van der Waals surface area (Å²) in [6.07, 6.45) is 0.298. The summed E-state index contributed by atoms with van der Waals surface area (Å²) in [5.74, 6) is -0.112. The van der Waals surface area contributed by atoms with Gasteiger partial charge in [-0.1, -0.05) is 11.6 Å². The number of hydrogen-bond donors (Lipinski definition) is 1. The maximum atomic E-state index is 12.0.